The zero-order valence-electron chi connectivity index (χ0n) is 11.9. The van der Waals surface area contributed by atoms with Gasteiger partial charge in [0.2, 0.25) is 0 Å². The molecule has 0 amide bonds. The Bertz CT molecular complexity index is 352. The van der Waals surface area contributed by atoms with E-state index in [9.17, 15) is 0 Å². The third-order valence-electron chi connectivity index (χ3n) is 3.71. The summed E-state index contributed by atoms with van der Waals surface area (Å²) in [4.78, 5) is 6.87. The van der Waals surface area contributed by atoms with E-state index in [1.807, 2.05) is 12.5 Å². The Hall–Kier alpha value is -0.870. The highest BCUT2D eigenvalue weighted by molar-refractivity contribution is 4.99. The van der Waals surface area contributed by atoms with Gasteiger partial charge in [-0.2, -0.15) is 0 Å². The summed E-state index contributed by atoms with van der Waals surface area (Å²) in [7, 11) is 0. The minimum Gasteiger partial charge on any atom is -0.332 e. The van der Waals surface area contributed by atoms with Crippen molar-refractivity contribution in [2.45, 2.75) is 58.8 Å². The molecule has 18 heavy (non-hydrogen) atoms. The lowest BCUT2D eigenvalue weighted by molar-refractivity contribution is 0.234. The van der Waals surface area contributed by atoms with Gasteiger partial charge in [-0.1, -0.05) is 13.8 Å². The summed E-state index contributed by atoms with van der Waals surface area (Å²) in [6, 6.07) is 1.13. The molecule has 1 aliphatic rings. The van der Waals surface area contributed by atoms with E-state index in [0.717, 1.165) is 13.1 Å². The van der Waals surface area contributed by atoms with Crippen LogP contribution in [0.2, 0.25) is 0 Å². The Labute approximate surface area is 110 Å². The van der Waals surface area contributed by atoms with Crippen molar-refractivity contribution in [2.75, 3.05) is 13.1 Å². The van der Waals surface area contributed by atoms with E-state index in [0.29, 0.717) is 12.1 Å². The van der Waals surface area contributed by atoms with Crippen LogP contribution in [0, 0.1) is 0 Å². The summed E-state index contributed by atoms with van der Waals surface area (Å²) in [6.07, 6.45) is 6.65. The Balaban J connectivity index is 1.90. The fourth-order valence-electron chi connectivity index (χ4n) is 2.55. The van der Waals surface area contributed by atoms with Crippen LogP contribution in [-0.4, -0.2) is 39.6 Å². The molecule has 2 heterocycles. The third-order valence-corrected chi connectivity index (χ3v) is 3.71. The summed E-state index contributed by atoms with van der Waals surface area (Å²) in [6.45, 7) is 11.1. The topological polar surface area (TPSA) is 33.1 Å². The average molecular weight is 250 g/mol. The average Bonchev–Trinajstić information content (AvgIpc) is 2.97. The molecule has 102 valence electrons. The minimum atomic E-state index is 0.518. The number of hydrogen-bond acceptors (Lipinski definition) is 3. The lowest BCUT2D eigenvalue weighted by Gasteiger charge is -2.25. The molecule has 0 bridgehead atoms. The third kappa shape index (κ3) is 3.56. The molecule has 1 atom stereocenters. The molecule has 1 aliphatic heterocycles. The van der Waals surface area contributed by atoms with Crippen LogP contribution in [0.4, 0.5) is 0 Å². The Kier molecular flexibility index (Phi) is 4.78. The van der Waals surface area contributed by atoms with Crippen LogP contribution in [0.5, 0.6) is 0 Å². The predicted octanol–water partition coefficient (Wildman–Crippen LogP) is 1.87. The van der Waals surface area contributed by atoms with E-state index in [1.165, 1.54) is 31.6 Å². The second-order valence-electron chi connectivity index (χ2n) is 5.67. The van der Waals surface area contributed by atoms with Gasteiger partial charge in [0.05, 0.1) is 12.0 Å². The molecule has 0 aliphatic carbocycles. The van der Waals surface area contributed by atoms with Gasteiger partial charge in [0, 0.05) is 31.4 Å². The molecule has 4 nitrogen and oxygen atoms in total. The van der Waals surface area contributed by atoms with Crippen molar-refractivity contribution in [3.63, 3.8) is 0 Å². The minimum absolute atomic E-state index is 0.518. The molecule has 0 spiro atoms. The number of likely N-dealkylation sites (tertiary alicyclic amines) is 1. The zero-order valence-corrected chi connectivity index (χ0v) is 11.9. The highest BCUT2D eigenvalue weighted by Crippen LogP contribution is 2.13. The quantitative estimate of drug-likeness (QED) is 0.836. The van der Waals surface area contributed by atoms with Crippen molar-refractivity contribution in [3.05, 3.63) is 18.2 Å². The number of hydrogen-bond donors (Lipinski definition) is 1. The van der Waals surface area contributed by atoms with Crippen molar-refractivity contribution in [2.24, 2.45) is 0 Å². The first-order valence-electron chi connectivity index (χ1n) is 7.13. The van der Waals surface area contributed by atoms with E-state index in [2.05, 4.69) is 40.5 Å². The highest BCUT2D eigenvalue weighted by Gasteiger charge is 2.18. The van der Waals surface area contributed by atoms with Gasteiger partial charge >= 0.3 is 0 Å². The van der Waals surface area contributed by atoms with Gasteiger partial charge in [0.1, 0.15) is 0 Å². The molecule has 0 saturated carbocycles. The predicted molar refractivity (Wildman–Crippen MR) is 74.5 cm³/mol. The van der Waals surface area contributed by atoms with Gasteiger partial charge in [-0.15, -0.1) is 0 Å². The molecule has 2 rings (SSSR count). The largest absolute Gasteiger partial charge is 0.332 e. The van der Waals surface area contributed by atoms with Crippen LogP contribution in [0.25, 0.3) is 0 Å². The molecule has 0 radical (unpaired) electrons. The first kappa shape index (κ1) is 13.6. The SMILES string of the molecule is CC(C)NCc1cncn1CC(C)N1CCCC1. The van der Waals surface area contributed by atoms with E-state index >= 15 is 0 Å². The number of imidazole rings is 1. The molecule has 0 aromatic carbocycles. The number of nitrogens with one attached hydrogen (secondary N) is 1. The van der Waals surface area contributed by atoms with Crippen LogP contribution in [-0.2, 0) is 13.1 Å². The Morgan fingerprint density at radius 2 is 2.00 bits per heavy atom. The molecule has 1 N–H and O–H groups in total. The summed E-state index contributed by atoms with van der Waals surface area (Å²) >= 11 is 0. The van der Waals surface area contributed by atoms with Crippen LogP contribution in [0.3, 0.4) is 0 Å². The van der Waals surface area contributed by atoms with Crippen LogP contribution >= 0.6 is 0 Å². The maximum absolute atomic E-state index is 4.28. The van der Waals surface area contributed by atoms with Crippen molar-refractivity contribution < 1.29 is 0 Å². The first-order chi connectivity index (χ1) is 8.66. The fraction of sp³-hybridized carbons (Fsp3) is 0.786. The maximum Gasteiger partial charge on any atom is 0.0949 e. The summed E-state index contributed by atoms with van der Waals surface area (Å²) in [5.41, 5.74) is 1.29. The highest BCUT2D eigenvalue weighted by atomic mass is 15.2. The van der Waals surface area contributed by atoms with Crippen LogP contribution < -0.4 is 5.32 Å². The normalized spacial score (nSPS) is 18.7. The van der Waals surface area contributed by atoms with Crippen molar-refractivity contribution >= 4 is 0 Å². The standard InChI is InChI=1S/C14H26N4/c1-12(2)16-9-14-8-15-11-18(14)10-13(3)17-6-4-5-7-17/h8,11-13,16H,4-7,9-10H2,1-3H3. The van der Waals surface area contributed by atoms with Gasteiger partial charge in [0.25, 0.3) is 0 Å². The van der Waals surface area contributed by atoms with E-state index < -0.39 is 0 Å². The number of nitrogens with zero attached hydrogens (tertiary/aromatic N) is 3. The molecule has 1 unspecified atom stereocenters. The summed E-state index contributed by atoms with van der Waals surface area (Å²) < 4.78 is 2.29. The first-order valence-corrected chi connectivity index (χ1v) is 7.13. The maximum atomic E-state index is 4.28. The van der Waals surface area contributed by atoms with Crippen LogP contribution in [0.1, 0.15) is 39.3 Å². The van der Waals surface area contributed by atoms with E-state index in [1.54, 1.807) is 0 Å². The molecule has 4 heteroatoms. The Morgan fingerprint density at radius 3 is 2.67 bits per heavy atom. The van der Waals surface area contributed by atoms with E-state index in [4.69, 9.17) is 0 Å². The molecule has 1 saturated heterocycles. The van der Waals surface area contributed by atoms with Gasteiger partial charge in [-0.25, -0.2) is 4.98 Å². The smallest absolute Gasteiger partial charge is 0.0949 e. The Morgan fingerprint density at radius 1 is 1.28 bits per heavy atom. The molecule has 1 aromatic rings. The fourth-order valence-corrected chi connectivity index (χ4v) is 2.55. The summed E-state index contributed by atoms with van der Waals surface area (Å²) in [5, 5.41) is 3.46. The van der Waals surface area contributed by atoms with Crippen molar-refractivity contribution in [3.8, 4) is 0 Å². The zero-order chi connectivity index (χ0) is 13.0. The number of aromatic nitrogens is 2. The van der Waals surface area contributed by atoms with Crippen LogP contribution in [0.15, 0.2) is 12.5 Å². The molecule has 1 aromatic heterocycles. The van der Waals surface area contributed by atoms with Crippen molar-refractivity contribution in [1.82, 2.24) is 19.8 Å². The lowest BCUT2D eigenvalue weighted by Crippen LogP contribution is -2.34. The van der Waals surface area contributed by atoms with Gasteiger partial charge < -0.3 is 9.88 Å². The van der Waals surface area contributed by atoms with E-state index in [-0.39, 0.29) is 0 Å². The van der Waals surface area contributed by atoms with Gasteiger partial charge in [-0.3, -0.25) is 4.90 Å². The number of rotatable bonds is 6. The lowest BCUT2D eigenvalue weighted by atomic mass is 10.3. The second kappa shape index (κ2) is 6.34. The molecular weight excluding hydrogens is 224 g/mol. The van der Waals surface area contributed by atoms with Crippen molar-refractivity contribution in [1.29, 1.82) is 0 Å². The van der Waals surface area contributed by atoms with Gasteiger partial charge in [-0.05, 0) is 32.9 Å². The molecular formula is C14H26N4. The monoisotopic (exact) mass is 250 g/mol. The van der Waals surface area contributed by atoms with Gasteiger partial charge in [0.15, 0.2) is 0 Å². The summed E-state index contributed by atoms with van der Waals surface area (Å²) in [5.74, 6) is 0. The second-order valence-corrected chi connectivity index (χ2v) is 5.67. The molecule has 1 fully saturated rings.